The second kappa shape index (κ2) is 11.1. The summed E-state index contributed by atoms with van der Waals surface area (Å²) < 4.78 is -0.701. The first-order valence-electron chi connectivity index (χ1n) is 15.2. The summed E-state index contributed by atoms with van der Waals surface area (Å²) in [6.45, 7) is 3.58. The first kappa shape index (κ1) is 29.1. The summed E-state index contributed by atoms with van der Waals surface area (Å²) in [7, 11) is 0. The Morgan fingerprint density at radius 1 is 0.889 bits per heavy atom. The summed E-state index contributed by atoms with van der Waals surface area (Å²) in [4.78, 5) is 53.0. The van der Waals surface area contributed by atoms with Gasteiger partial charge >= 0.3 is 5.97 Å². The highest BCUT2D eigenvalue weighted by molar-refractivity contribution is 8.01. The molecule has 5 aromatic rings. The number of carboxylic acid groups (broad SMARTS) is 1. The summed E-state index contributed by atoms with van der Waals surface area (Å²) in [6, 6.07) is 25.4. The van der Waals surface area contributed by atoms with Crippen LogP contribution < -0.4 is 10.6 Å². The largest absolute Gasteiger partial charge is 0.480 e. The number of aliphatic carboxylic acids is 1. The smallest absolute Gasteiger partial charge is 0.327 e. The van der Waals surface area contributed by atoms with Crippen LogP contribution in [0.1, 0.15) is 43.9 Å². The Bertz CT molecular complexity index is 1960. The van der Waals surface area contributed by atoms with Crippen molar-refractivity contribution in [1.82, 2.24) is 15.5 Å². The average Bonchev–Trinajstić information content (AvgIpc) is 3.29. The second-order valence-corrected chi connectivity index (χ2v) is 14.2. The van der Waals surface area contributed by atoms with Gasteiger partial charge < -0.3 is 20.6 Å². The van der Waals surface area contributed by atoms with Crippen molar-refractivity contribution < 1.29 is 24.3 Å². The van der Waals surface area contributed by atoms with E-state index in [2.05, 4.69) is 65.2 Å². The van der Waals surface area contributed by atoms with Gasteiger partial charge in [0.2, 0.25) is 17.7 Å². The maximum Gasteiger partial charge on any atom is 0.327 e. The highest BCUT2D eigenvalue weighted by Gasteiger charge is 2.64. The van der Waals surface area contributed by atoms with Gasteiger partial charge in [-0.25, -0.2) is 4.79 Å². The zero-order valence-corrected chi connectivity index (χ0v) is 25.8. The molecule has 3 N–H and O–H groups in total. The summed E-state index contributed by atoms with van der Waals surface area (Å²) >= 11 is 1.36. The number of thioether (sulfide) groups is 1. The number of carbonyl (C=O) groups excluding carboxylic acids is 3. The van der Waals surface area contributed by atoms with Crippen LogP contribution in [-0.4, -0.2) is 55.9 Å². The number of aryl methyl sites for hydroxylation is 1. The fraction of sp³-hybridized carbons (Fsp3) is 0.278. The maximum absolute atomic E-state index is 13.6. The number of benzene rings is 5. The molecule has 45 heavy (non-hydrogen) atoms. The molecule has 0 spiro atoms. The number of nitrogens with one attached hydrogen (secondary N) is 2. The minimum atomic E-state index is -1.07. The zero-order chi connectivity index (χ0) is 31.5. The quantitative estimate of drug-likeness (QED) is 0.150. The summed E-state index contributed by atoms with van der Waals surface area (Å²) in [6.07, 6.45) is 1.52. The van der Waals surface area contributed by atoms with Crippen LogP contribution in [0.3, 0.4) is 0 Å². The highest BCUT2D eigenvalue weighted by Crippen LogP contribution is 2.50. The fourth-order valence-electron chi connectivity index (χ4n) is 7.01. The molecule has 0 bridgehead atoms. The monoisotopic (exact) mass is 619 g/mol. The molecule has 228 valence electrons. The fourth-order valence-corrected chi connectivity index (χ4v) is 8.64. The molecule has 1 unspecified atom stereocenters. The van der Waals surface area contributed by atoms with Crippen LogP contribution >= 0.6 is 11.8 Å². The molecule has 2 aliphatic rings. The van der Waals surface area contributed by atoms with Crippen LogP contribution in [-0.2, 0) is 25.6 Å². The van der Waals surface area contributed by atoms with Crippen LogP contribution in [0.15, 0.2) is 84.9 Å². The van der Waals surface area contributed by atoms with Gasteiger partial charge in [-0.3, -0.25) is 14.4 Å². The molecule has 0 saturated carbocycles. The predicted octanol–water partition coefficient (Wildman–Crippen LogP) is 5.40. The number of nitrogens with zero attached hydrogens (tertiary/aromatic N) is 1. The Kier molecular flexibility index (Phi) is 7.16. The lowest BCUT2D eigenvalue weighted by Gasteiger charge is -2.44. The Morgan fingerprint density at radius 3 is 2.27 bits per heavy atom. The number of hydrogen-bond donors (Lipinski definition) is 3. The van der Waals surface area contributed by atoms with Crippen molar-refractivity contribution in [3.8, 4) is 0 Å². The Balaban J connectivity index is 1.04. The summed E-state index contributed by atoms with van der Waals surface area (Å²) in [5.41, 5.74) is 1.78. The van der Waals surface area contributed by atoms with Crippen LogP contribution in [0, 0.1) is 0 Å². The Morgan fingerprint density at radius 2 is 1.56 bits per heavy atom. The third kappa shape index (κ3) is 4.95. The SMILES string of the molecule is CC1(C)S[C@@H]2[C@H](NC(=O)C(NC(=O)CCCc3ccc4ccc5cccc6ccc3c4c56)c3ccccc3)C(=O)N2[C@H]1C(=O)O. The molecule has 7 rings (SSSR count). The summed E-state index contributed by atoms with van der Waals surface area (Å²) in [5.74, 6) is -2.26. The van der Waals surface area contributed by atoms with E-state index in [-0.39, 0.29) is 12.3 Å². The van der Waals surface area contributed by atoms with Gasteiger partial charge in [0.15, 0.2) is 0 Å². The molecule has 2 fully saturated rings. The molecule has 0 aliphatic carbocycles. The van der Waals surface area contributed by atoms with E-state index < -0.39 is 46.0 Å². The van der Waals surface area contributed by atoms with E-state index in [4.69, 9.17) is 0 Å². The van der Waals surface area contributed by atoms with Crippen molar-refractivity contribution >= 4 is 67.8 Å². The van der Waals surface area contributed by atoms with E-state index in [0.29, 0.717) is 18.4 Å². The van der Waals surface area contributed by atoms with E-state index in [9.17, 15) is 24.3 Å². The van der Waals surface area contributed by atoms with Crippen molar-refractivity contribution in [3.63, 3.8) is 0 Å². The highest BCUT2D eigenvalue weighted by atomic mass is 32.2. The van der Waals surface area contributed by atoms with Gasteiger partial charge in [0.25, 0.3) is 0 Å². The topological polar surface area (TPSA) is 116 Å². The molecule has 9 heteroatoms. The van der Waals surface area contributed by atoms with Crippen LogP contribution in [0.4, 0.5) is 0 Å². The Hall–Kier alpha value is -4.63. The first-order valence-corrected chi connectivity index (χ1v) is 16.0. The maximum atomic E-state index is 13.6. The van der Waals surface area contributed by atoms with Gasteiger partial charge in [0, 0.05) is 11.2 Å². The van der Waals surface area contributed by atoms with Crippen molar-refractivity contribution in [2.24, 2.45) is 0 Å². The number of carbonyl (C=O) groups is 4. The van der Waals surface area contributed by atoms with Gasteiger partial charge in [-0.2, -0.15) is 0 Å². The van der Waals surface area contributed by atoms with Gasteiger partial charge in [-0.05, 0) is 70.1 Å². The molecule has 0 radical (unpaired) electrons. The van der Waals surface area contributed by atoms with E-state index in [0.717, 1.165) is 0 Å². The third-order valence-electron chi connectivity index (χ3n) is 9.14. The molecule has 2 saturated heterocycles. The van der Waals surface area contributed by atoms with Crippen molar-refractivity contribution in [2.75, 3.05) is 0 Å². The van der Waals surface area contributed by atoms with Crippen LogP contribution in [0.5, 0.6) is 0 Å². The molecule has 3 amide bonds. The number of carboxylic acids is 1. The van der Waals surface area contributed by atoms with Gasteiger partial charge in [0.1, 0.15) is 23.5 Å². The molecule has 4 atom stereocenters. The minimum absolute atomic E-state index is 0.224. The molecular formula is C36H33N3O5S. The lowest BCUT2D eigenvalue weighted by Crippen LogP contribution is -2.71. The number of fused-ring (bicyclic) bond motifs is 1. The standard InChI is InChI=1S/C36H33N3O5S/c1-36(2)31(35(43)44)39-33(42)30(34(39)45-36)38-32(41)29(24-8-4-3-5-9-24)37-26(40)13-7-10-20-14-15-23-17-16-21-11-6-12-22-18-19-25(20)28(23)27(21)22/h3-6,8-9,11-12,14-19,29-31,34H,7,10,13H2,1-2H3,(H,37,40)(H,38,41)(H,43,44)/t29?,30-,31+,34-/m1/s1. The normalized spacial score (nSPS) is 21.1. The molecule has 0 aromatic heterocycles. The number of hydrogen-bond acceptors (Lipinski definition) is 5. The minimum Gasteiger partial charge on any atom is -0.480 e. The van der Waals surface area contributed by atoms with Crippen LogP contribution in [0.2, 0.25) is 0 Å². The molecule has 8 nitrogen and oxygen atoms in total. The van der Waals surface area contributed by atoms with Crippen LogP contribution in [0.25, 0.3) is 32.3 Å². The van der Waals surface area contributed by atoms with Gasteiger partial charge in [0.05, 0.1) is 0 Å². The lowest BCUT2D eigenvalue weighted by atomic mass is 9.90. The summed E-state index contributed by atoms with van der Waals surface area (Å²) in [5, 5.41) is 22.2. The molecular weight excluding hydrogens is 586 g/mol. The number of rotatable bonds is 9. The van der Waals surface area contributed by atoms with Crippen molar-refractivity contribution in [3.05, 3.63) is 96.1 Å². The second-order valence-electron chi connectivity index (χ2n) is 12.4. The lowest BCUT2D eigenvalue weighted by molar-refractivity contribution is -0.161. The molecule has 2 aliphatic heterocycles. The average molecular weight is 620 g/mol. The van der Waals surface area contributed by atoms with E-state index in [1.807, 2.05) is 6.07 Å². The first-order chi connectivity index (χ1) is 21.6. The van der Waals surface area contributed by atoms with E-state index >= 15 is 0 Å². The predicted molar refractivity (Wildman–Crippen MR) is 176 cm³/mol. The number of β-lactam (4-membered cyclic amide) rings is 1. The zero-order valence-electron chi connectivity index (χ0n) is 24.9. The Labute approximate surface area is 264 Å². The van der Waals surface area contributed by atoms with Crippen molar-refractivity contribution in [2.45, 2.75) is 61.4 Å². The van der Waals surface area contributed by atoms with E-state index in [1.54, 1.807) is 38.1 Å². The molecule has 2 heterocycles. The van der Waals surface area contributed by atoms with Gasteiger partial charge in [-0.15, -0.1) is 11.8 Å². The third-order valence-corrected chi connectivity index (χ3v) is 10.7. The molecule has 5 aromatic carbocycles. The van der Waals surface area contributed by atoms with Crippen molar-refractivity contribution in [1.29, 1.82) is 0 Å². The van der Waals surface area contributed by atoms with E-state index in [1.165, 1.54) is 54.5 Å². The number of amides is 3. The van der Waals surface area contributed by atoms with Gasteiger partial charge in [-0.1, -0.05) is 84.9 Å².